The molecule has 3 rings (SSSR count). The Morgan fingerprint density at radius 1 is 1.36 bits per heavy atom. The summed E-state index contributed by atoms with van der Waals surface area (Å²) in [5, 5.41) is 7.74. The minimum absolute atomic E-state index is 0.0255. The van der Waals surface area contributed by atoms with Crippen LogP contribution in [0.5, 0.6) is 0 Å². The number of nitrogen functional groups attached to an aromatic ring is 1. The molecule has 1 atom stereocenters. The van der Waals surface area contributed by atoms with E-state index in [1.807, 2.05) is 18.2 Å². The van der Waals surface area contributed by atoms with Gasteiger partial charge >= 0.3 is 0 Å². The summed E-state index contributed by atoms with van der Waals surface area (Å²) in [6, 6.07) is 8.12. The first-order valence-electron chi connectivity index (χ1n) is 8.97. The van der Waals surface area contributed by atoms with Gasteiger partial charge in [-0.05, 0) is 24.3 Å². The van der Waals surface area contributed by atoms with E-state index in [4.69, 9.17) is 5.73 Å². The fourth-order valence-corrected chi connectivity index (χ4v) is 3.63. The standard InChI is InChI=1S/C19H27N5O/c1-4-7-15-23-16-17(24(15)12-19(2,3)10-11-21-25)13-8-5-6-9-14(13)22-18(16)20/h5-6,8-9,15,23H,4,7,10-12H2,1-3H3,(H2,20,22). The number of hydrogen-bond donors (Lipinski definition) is 2. The second-order valence-electron chi connectivity index (χ2n) is 7.58. The summed E-state index contributed by atoms with van der Waals surface area (Å²) in [6.07, 6.45) is 3.05. The van der Waals surface area contributed by atoms with E-state index in [-0.39, 0.29) is 11.6 Å². The lowest BCUT2D eigenvalue weighted by molar-refractivity contribution is 0.333. The van der Waals surface area contributed by atoms with Crippen molar-refractivity contribution in [2.24, 2.45) is 10.6 Å². The molecular formula is C19H27N5O. The lowest BCUT2D eigenvalue weighted by Gasteiger charge is -2.35. The average Bonchev–Trinajstić information content (AvgIpc) is 2.92. The van der Waals surface area contributed by atoms with Crippen LogP contribution in [-0.4, -0.2) is 24.2 Å². The molecule has 3 N–H and O–H groups in total. The fourth-order valence-electron chi connectivity index (χ4n) is 3.63. The lowest BCUT2D eigenvalue weighted by Crippen LogP contribution is -2.42. The zero-order valence-corrected chi connectivity index (χ0v) is 15.2. The van der Waals surface area contributed by atoms with E-state index >= 15 is 0 Å². The molecule has 0 spiro atoms. The molecule has 1 aromatic carbocycles. The maximum absolute atomic E-state index is 10.6. The Bertz CT molecular complexity index is 774. The molecule has 25 heavy (non-hydrogen) atoms. The summed E-state index contributed by atoms with van der Waals surface area (Å²) in [5.74, 6) is 0.546. The van der Waals surface area contributed by atoms with Gasteiger partial charge < -0.3 is 16.0 Å². The molecule has 6 nitrogen and oxygen atoms in total. The Hall–Kier alpha value is -2.37. The molecular weight excluding hydrogens is 314 g/mol. The molecule has 1 aliphatic heterocycles. The largest absolute Gasteiger partial charge is 0.382 e. The molecule has 2 heterocycles. The quantitative estimate of drug-likeness (QED) is 0.731. The number of nitrogens with zero attached hydrogens (tertiary/aromatic N) is 3. The highest BCUT2D eigenvalue weighted by Gasteiger charge is 2.35. The van der Waals surface area contributed by atoms with Gasteiger partial charge in [-0.3, -0.25) is 0 Å². The van der Waals surface area contributed by atoms with Gasteiger partial charge in [0.25, 0.3) is 0 Å². The van der Waals surface area contributed by atoms with Gasteiger partial charge in [0.15, 0.2) is 0 Å². The molecule has 6 heteroatoms. The van der Waals surface area contributed by atoms with Gasteiger partial charge in [-0.2, -0.15) is 4.91 Å². The van der Waals surface area contributed by atoms with Crippen molar-refractivity contribution in [3.63, 3.8) is 0 Å². The predicted octanol–water partition coefficient (Wildman–Crippen LogP) is 4.36. The van der Waals surface area contributed by atoms with Crippen LogP contribution in [0.3, 0.4) is 0 Å². The van der Waals surface area contributed by atoms with E-state index < -0.39 is 0 Å². The smallest absolute Gasteiger partial charge is 0.149 e. The van der Waals surface area contributed by atoms with Crippen molar-refractivity contribution in [1.29, 1.82) is 0 Å². The van der Waals surface area contributed by atoms with Crippen molar-refractivity contribution in [1.82, 2.24) is 4.98 Å². The van der Waals surface area contributed by atoms with Crippen LogP contribution in [0, 0.1) is 10.3 Å². The number of rotatable bonds is 7. The first kappa shape index (κ1) is 17.5. The number of fused-ring (bicyclic) bond motifs is 3. The molecule has 0 saturated heterocycles. The van der Waals surface area contributed by atoms with Gasteiger partial charge in [0, 0.05) is 11.9 Å². The Labute approximate surface area is 148 Å². The van der Waals surface area contributed by atoms with Gasteiger partial charge in [-0.1, -0.05) is 50.6 Å². The Morgan fingerprint density at radius 2 is 2.12 bits per heavy atom. The number of benzene rings is 1. The third kappa shape index (κ3) is 3.38. The molecule has 0 saturated carbocycles. The molecule has 0 fully saturated rings. The first-order valence-corrected chi connectivity index (χ1v) is 8.97. The van der Waals surface area contributed by atoms with Crippen LogP contribution in [0.4, 0.5) is 17.2 Å². The molecule has 1 aliphatic rings. The van der Waals surface area contributed by atoms with Crippen molar-refractivity contribution in [2.45, 2.75) is 46.2 Å². The van der Waals surface area contributed by atoms with Crippen LogP contribution < -0.4 is 16.0 Å². The van der Waals surface area contributed by atoms with Crippen molar-refractivity contribution in [3.8, 4) is 0 Å². The number of nitrogens with one attached hydrogen (secondary N) is 1. The zero-order chi connectivity index (χ0) is 18.0. The van der Waals surface area contributed by atoms with E-state index in [2.05, 4.69) is 47.2 Å². The van der Waals surface area contributed by atoms with Crippen LogP contribution >= 0.6 is 0 Å². The fraction of sp³-hybridized carbons (Fsp3) is 0.526. The molecule has 2 aromatic rings. The Balaban J connectivity index is 2.05. The maximum Gasteiger partial charge on any atom is 0.149 e. The number of para-hydroxylation sites is 1. The molecule has 1 aromatic heterocycles. The minimum atomic E-state index is -0.0255. The van der Waals surface area contributed by atoms with Crippen molar-refractivity contribution in [2.75, 3.05) is 29.0 Å². The highest BCUT2D eigenvalue weighted by molar-refractivity contribution is 6.04. The molecule has 0 radical (unpaired) electrons. The molecule has 134 valence electrons. The number of nitrogens with two attached hydrogens (primary N) is 1. The van der Waals surface area contributed by atoms with Crippen LogP contribution in [0.2, 0.25) is 0 Å². The topological polar surface area (TPSA) is 83.6 Å². The molecule has 0 bridgehead atoms. The van der Waals surface area contributed by atoms with Gasteiger partial charge in [0.2, 0.25) is 0 Å². The van der Waals surface area contributed by atoms with Crippen molar-refractivity contribution in [3.05, 3.63) is 29.2 Å². The predicted molar refractivity (Wildman–Crippen MR) is 105 cm³/mol. The minimum Gasteiger partial charge on any atom is -0.382 e. The third-order valence-electron chi connectivity index (χ3n) is 4.91. The number of hydrogen-bond acceptors (Lipinski definition) is 6. The molecule has 1 unspecified atom stereocenters. The summed E-state index contributed by atoms with van der Waals surface area (Å²) >= 11 is 0. The van der Waals surface area contributed by atoms with Crippen molar-refractivity contribution < 1.29 is 0 Å². The zero-order valence-electron chi connectivity index (χ0n) is 15.2. The van der Waals surface area contributed by atoms with Crippen LogP contribution in [0.1, 0.15) is 40.0 Å². The highest BCUT2D eigenvalue weighted by atomic mass is 16.3. The van der Waals surface area contributed by atoms with Crippen LogP contribution in [0.15, 0.2) is 29.4 Å². The Kier molecular flexibility index (Phi) is 4.79. The monoisotopic (exact) mass is 341 g/mol. The van der Waals surface area contributed by atoms with Crippen LogP contribution in [0.25, 0.3) is 10.9 Å². The number of aromatic nitrogens is 1. The SMILES string of the molecule is CCCC1Nc2c(N)nc3ccccc3c2N1CC(C)(C)CCN=O. The second kappa shape index (κ2) is 6.86. The number of pyridine rings is 1. The van der Waals surface area contributed by atoms with Gasteiger partial charge in [-0.15, -0.1) is 0 Å². The van der Waals surface area contributed by atoms with Crippen LogP contribution in [-0.2, 0) is 0 Å². The normalized spacial score (nSPS) is 16.8. The lowest BCUT2D eigenvalue weighted by atomic mass is 9.88. The van der Waals surface area contributed by atoms with Gasteiger partial charge in [-0.25, -0.2) is 4.98 Å². The Morgan fingerprint density at radius 3 is 2.84 bits per heavy atom. The molecule has 0 amide bonds. The highest BCUT2D eigenvalue weighted by Crippen LogP contribution is 2.45. The number of nitroso groups, excluding NO2 is 1. The van der Waals surface area contributed by atoms with Gasteiger partial charge in [0.05, 0.1) is 23.9 Å². The van der Waals surface area contributed by atoms with Crippen molar-refractivity contribution >= 4 is 28.1 Å². The second-order valence-corrected chi connectivity index (χ2v) is 7.58. The van der Waals surface area contributed by atoms with E-state index in [0.717, 1.165) is 48.1 Å². The summed E-state index contributed by atoms with van der Waals surface area (Å²) in [4.78, 5) is 17.5. The number of anilines is 3. The summed E-state index contributed by atoms with van der Waals surface area (Å²) in [7, 11) is 0. The third-order valence-corrected chi connectivity index (χ3v) is 4.91. The summed E-state index contributed by atoms with van der Waals surface area (Å²) < 4.78 is 0. The molecule has 0 aliphatic carbocycles. The van der Waals surface area contributed by atoms with E-state index in [0.29, 0.717) is 12.4 Å². The summed E-state index contributed by atoms with van der Waals surface area (Å²) in [5.41, 5.74) is 9.20. The van der Waals surface area contributed by atoms with E-state index in [9.17, 15) is 4.91 Å². The maximum atomic E-state index is 10.6. The average molecular weight is 341 g/mol. The van der Waals surface area contributed by atoms with E-state index in [1.165, 1.54) is 0 Å². The summed E-state index contributed by atoms with van der Waals surface area (Å²) in [6.45, 7) is 7.74. The first-order chi connectivity index (χ1) is 12.0. The van der Waals surface area contributed by atoms with E-state index in [1.54, 1.807) is 0 Å². The van der Waals surface area contributed by atoms with Gasteiger partial charge in [0.1, 0.15) is 11.5 Å².